The van der Waals surface area contributed by atoms with E-state index in [1.807, 2.05) is 53.7 Å². The largest absolute Gasteiger partial charge is 0.507 e. The van der Waals surface area contributed by atoms with Crippen LogP contribution in [0, 0.1) is 0 Å². The third-order valence-corrected chi connectivity index (χ3v) is 4.85. The standard InChI is InChI=1S/C25H38O5/c1-9-10-11-14-29-23(28)17(2)30-21(26)13-12-18-15-19(24(3,4)5)22(27)20(16-18)25(6,7)8/h15-16,27H,2,9-14H2,1,3-8H3. The predicted molar refractivity (Wildman–Crippen MR) is 120 cm³/mol. The first-order valence-electron chi connectivity index (χ1n) is 10.7. The molecule has 0 heterocycles. The van der Waals surface area contributed by atoms with Crippen LogP contribution in [0.5, 0.6) is 5.75 Å². The number of carbonyl (C=O) groups excluding carboxylic acids is 2. The van der Waals surface area contributed by atoms with E-state index >= 15 is 0 Å². The highest BCUT2D eigenvalue weighted by molar-refractivity contribution is 5.88. The Labute approximate surface area is 181 Å². The van der Waals surface area contributed by atoms with Gasteiger partial charge in [0.1, 0.15) is 5.75 Å². The Hall–Kier alpha value is -2.30. The molecule has 5 nitrogen and oxygen atoms in total. The first-order chi connectivity index (χ1) is 13.8. The number of hydrogen-bond acceptors (Lipinski definition) is 5. The molecular formula is C25H38O5. The molecule has 1 aromatic carbocycles. The second-order valence-electron chi connectivity index (χ2n) is 9.78. The number of hydrogen-bond donors (Lipinski definition) is 1. The van der Waals surface area contributed by atoms with Gasteiger partial charge in [-0.3, -0.25) is 4.79 Å². The van der Waals surface area contributed by atoms with Crippen LogP contribution in [0.15, 0.2) is 24.5 Å². The summed E-state index contributed by atoms with van der Waals surface area (Å²) in [5.41, 5.74) is 2.15. The summed E-state index contributed by atoms with van der Waals surface area (Å²) in [6.45, 7) is 18.1. The van der Waals surface area contributed by atoms with Gasteiger partial charge in [0.15, 0.2) is 0 Å². The SMILES string of the molecule is C=C(OC(=O)CCc1cc(C(C)(C)C)c(O)c(C(C)(C)C)c1)C(=O)OCCCCC. The Morgan fingerprint density at radius 3 is 2.00 bits per heavy atom. The molecule has 5 heteroatoms. The molecule has 30 heavy (non-hydrogen) atoms. The van der Waals surface area contributed by atoms with Crippen molar-refractivity contribution in [1.29, 1.82) is 0 Å². The van der Waals surface area contributed by atoms with Crippen LogP contribution in [0.4, 0.5) is 0 Å². The van der Waals surface area contributed by atoms with Gasteiger partial charge in [0, 0.05) is 6.42 Å². The van der Waals surface area contributed by atoms with Crippen LogP contribution < -0.4 is 0 Å². The summed E-state index contributed by atoms with van der Waals surface area (Å²) in [5.74, 6) is -1.21. The monoisotopic (exact) mass is 418 g/mol. The van der Waals surface area contributed by atoms with Crippen molar-refractivity contribution in [2.75, 3.05) is 6.61 Å². The van der Waals surface area contributed by atoms with E-state index in [1.54, 1.807) is 0 Å². The van der Waals surface area contributed by atoms with E-state index in [4.69, 9.17) is 9.47 Å². The van der Waals surface area contributed by atoms with Crippen molar-refractivity contribution in [3.05, 3.63) is 41.2 Å². The molecule has 0 bridgehead atoms. The van der Waals surface area contributed by atoms with Crippen molar-refractivity contribution in [2.45, 2.75) is 91.4 Å². The first-order valence-corrected chi connectivity index (χ1v) is 10.7. The number of ether oxygens (including phenoxy) is 2. The smallest absolute Gasteiger partial charge is 0.373 e. The Bertz CT molecular complexity index is 728. The molecule has 1 N–H and O–H groups in total. The van der Waals surface area contributed by atoms with Gasteiger partial charge in [-0.25, -0.2) is 4.79 Å². The number of phenolic OH excluding ortho intramolecular Hbond substituents is 1. The maximum absolute atomic E-state index is 12.2. The van der Waals surface area contributed by atoms with Crippen molar-refractivity contribution in [3.8, 4) is 5.75 Å². The fourth-order valence-electron chi connectivity index (χ4n) is 3.06. The van der Waals surface area contributed by atoms with Crippen molar-refractivity contribution in [2.24, 2.45) is 0 Å². The molecule has 1 rings (SSSR count). The van der Waals surface area contributed by atoms with Crippen LogP contribution in [-0.2, 0) is 36.3 Å². The third kappa shape index (κ3) is 7.85. The van der Waals surface area contributed by atoms with Gasteiger partial charge in [-0.1, -0.05) is 73.4 Å². The molecule has 0 aliphatic heterocycles. The van der Waals surface area contributed by atoms with Crippen LogP contribution in [0.1, 0.15) is 90.8 Å². The van der Waals surface area contributed by atoms with Crippen molar-refractivity contribution >= 4 is 11.9 Å². The van der Waals surface area contributed by atoms with E-state index < -0.39 is 11.9 Å². The zero-order valence-corrected chi connectivity index (χ0v) is 19.7. The number of benzene rings is 1. The molecule has 0 aliphatic rings. The Kier molecular flexibility index (Phi) is 9.13. The summed E-state index contributed by atoms with van der Waals surface area (Å²) >= 11 is 0. The van der Waals surface area contributed by atoms with E-state index in [2.05, 4.69) is 13.5 Å². The van der Waals surface area contributed by atoms with Gasteiger partial charge in [0.05, 0.1) is 6.61 Å². The molecular weight excluding hydrogens is 380 g/mol. The molecule has 168 valence electrons. The second-order valence-corrected chi connectivity index (χ2v) is 9.78. The fourth-order valence-corrected chi connectivity index (χ4v) is 3.06. The van der Waals surface area contributed by atoms with Gasteiger partial charge in [0.25, 0.3) is 0 Å². The normalized spacial score (nSPS) is 11.8. The lowest BCUT2D eigenvalue weighted by atomic mass is 9.78. The Morgan fingerprint density at radius 1 is 1.00 bits per heavy atom. The highest BCUT2D eigenvalue weighted by Crippen LogP contribution is 2.40. The maximum Gasteiger partial charge on any atom is 0.373 e. The molecule has 1 aromatic rings. The zero-order valence-electron chi connectivity index (χ0n) is 19.7. The highest BCUT2D eigenvalue weighted by Gasteiger charge is 2.26. The van der Waals surface area contributed by atoms with Crippen molar-refractivity contribution in [1.82, 2.24) is 0 Å². The van der Waals surface area contributed by atoms with E-state index in [0.717, 1.165) is 36.0 Å². The molecule has 0 atom stereocenters. The van der Waals surface area contributed by atoms with Gasteiger partial charge in [-0.05, 0) is 46.9 Å². The Morgan fingerprint density at radius 2 is 1.53 bits per heavy atom. The van der Waals surface area contributed by atoms with Gasteiger partial charge in [-0.2, -0.15) is 0 Å². The van der Waals surface area contributed by atoms with Crippen LogP contribution in [0.25, 0.3) is 0 Å². The van der Waals surface area contributed by atoms with Crippen LogP contribution in [-0.4, -0.2) is 23.7 Å². The minimum absolute atomic E-state index is 0.0973. The van der Waals surface area contributed by atoms with E-state index in [0.29, 0.717) is 18.8 Å². The van der Waals surface area contributed by atoms with E-state index in [9.17, 15) is 14.7 Å². The summed E-state index contributed by atoms with van der Waals surface area (Å²) in [6, 6.07) is 3.88. The molecule has 0 fully saturated rings. The predicted octanol–water partition coefficient (Wildman–Crippen LogP) is 5.71. The summed E-state index contributed by atoms with van der Waals surface area (Å²) in [6.07, 6.45) is 3.30. The van der Waals surface area contributed by atoms with Gasteiger partial charge in [0.2, 0.25) is 5.76 Å². The lowest BCUT2D eigenvalue weighted by Gasteiger charge is -2.28. The second kappa shape index (κ2) is 10.6. The van der Waals surface area contributed by atoms with Gasteiger partial charge in [-0.15, -0.1) is 0 Å². The molecule has 0 saturated heterocycles. The molecule has 0 aromatic heterocycles. The molecule has 0 spiro atoms. The lowest BCUT2D eigenvalue weighted by Crippen LogP contribution is -2.18. The van der Waals surface area contributed by atoms with Crippen molar-refractivity contribution in [3.63, 3.8) is 0 Å². The molecule has 0 aliphatic carbocycles. The summed E-state index contributed by atoms with van der Waals surface area (Å²) in [5, 5.41) is 10.8. The summed E-state index contributed by atoms with van der Waals surface area (Å²) in [7, 11) is 0. The topological polar surface area (TPSA) is 72.8 Å². The molecule has 0 saturated carbocycles. The van der Waals surface area contributed by atoms with Crippen LogP contribution in [0.2, 0.25) is 0 Å². The van der Waals surface area contributed by atoms with Gasteiger partial charge < -0.3 is 14.6 Å². The lowest BCUT2D eigenvalue weighted by molar-refractivity contribution is -0.151. The highest BCUT2D eigenvalue weighted by atomic mass is 16.6. The number of aromatic hydroxyl groups is 1. The number of carbonyl (C=O) groups is 2. The fraction of sp³-hybridized carbons (Fsp3) is 0.600. The average Bonchev–Trinajstić information content (AvgIpc) is 2.62. The molecule has 0 unspecified atom stereocenters. The van der Waals surface area contributed by atoms with E-state index in [-0.39, 0.29) is 23.0 Å². The number of unbranched alkanes of at least 4 members (excludes halogenated alkanes) is 2. The molecule has 0 amide bonds. The zero-order chi connectivity index (χ0) is 23.1. The average molecular weight is 419 g/mol. The number of phenols is 1. The van der Waals surface area contributed by atoms with Crippen molar-refractivity contribution < 1.29 is 24.2 Å². The number of rotatable bonds is 9. The summed E-state index contributed by atoms with van der Waals surface area (Å²) < 4.78 is 10.1. The van der Waals surface area contributed by atoms with Crippen LogP contribution >= 0.6 is 0 Å². The van der Waals surface area contributed by atoms with E-state index in [1.165, 1.54) is 0 Å². The first kappa shape index (κ1) is 25.7. The molecule has 0 radical (unpaired) electrons. The van der Waals surface area contributed by atoms with Crippen LogP contribution in [0.3, 0.4) is 0 Å². The third-order valence-electron chi connectivity index (χ3n) is 4.85. The minimum Gasteiger partial charge on any atom is -0.507 e. The Balaban J connectivity index is 2.81. The minimum atomic E-state index is -0.700. The number of aryl methyl sites for hydroxylation is 1. The maximum atomic E-state index is 12.2. The quantitative estimate of drug-likeness (QED) is 0.241. The van der Waals surface area contributed by atoms with Gasteiger partial charge >= 0.3 is 11.9 Å². The number of esters is 2. The summed E-state index contributed by atoms with van der Waals surface area (Å²) in [4.78, 5) is 24.0.